The molecule has 6 nitrogen and oxygen atoms in total. The number of aliphatic hydroxyl groups excluding tert-OH is 1. The molecular formula is C13H21N3O3. The fraction of sp³-hybridized carbons (Fsp3) is 0.692. The summed E-state index contributed by atoms with van der Waals surface area (Å²) < 4.78 is 7.08. The van der Waals surface area contributed by atoms with Crippen molar-refractivity contribution in [1.82, 2.24) is 14.7 Å². The second-order valence-electron chi connectivity index (χ2n) is 4.55. The van der Waals surface area contributed by atoms with Crippen molar-refractivity contribution >= 4 is 5.91 Å². The highest BCUT2D eigenvalue weighted by Crippen LogP contribution is 2.23. The molecule has 0 aromatic carbocycles. The maximum atomic E-state index is 12.0. The Morgan fingerprint density at radius 1 is 1.47 bits per heavy atom. The molecule has 19 heavy (non-hydrogen) atoms. The number of hydrogen-bond donors (Lipinski definition) is 1. The Kier molecular flexibility index (Phi) is 4.55. The molecular weight excluding hydrogens is 246 g/mol. The van der Waals surface area contributed by atoms with E-state index in [2.05, 4.69) is 5.10 Å². The first-order chi connectivity index (χ1) is 9.21. The quantitative estimate of drug-likeness (QED) is 0.834. The first-order valence-electron chi connectivity index (χ1n) is 6.75. The largest absolute Gasteiger partial charge is 0.390 e. The molecule has 6 heteroatoms. The number of aliphatic hydroxyl groups is 1. The number of rotatable bonds is 5. The number of aryl methyl sites for hydroxylation is 1. The van der Waals surface area contributed by atoms with Gasteiger partial charge < -0.3 is 14.7 Å². The van der Waals surface area contributed by atoms with Crippen LogP contribution in [0.2, 0.25) is 0 Å². The van der Waals surface area contributed by atoms with Crippen molar-refractivity contribution < 1.29 is 14.6 Å². The molecule has 1 aromatic rings. The number of carbonyl (C=O) groups is 1. The Hall–Kier alpha value is -1.40. The summed E-state index contributed by atoms with van der Waals surface area (Å²) in [4.78, 5) is 13.7. The minimum atomic E-state index is -0.0805. The normalized spacial score (nSPS) is 14.6. The van der Waals surface area contributed by atoms with Gasteiger partial charge in [-0.2, -0.15) is 5.10 Å². The third kappa shape index (κ3) is 2.79. The molecule has 0 fully saturated rings. The van der Waals surface area contributed by atoms with Crippen LogP contribution in [0.4, 0.5) is 0 Å². The average Bonchev–Trinajstić information content (AvgIpc) is 2.81. The summed E-state index contributed by atoms with van der Waals surface area (Å²) in [5.74, 6) is 0.000591. The van der Waals surface area contributed by atoms with Crippen LogP contribution in [0.25, 0.3) is 0 Å². The van der Waals surface area contributed by atoms with Gasteiger partial charge >= 0.3 is 0 Å². The molecule has 1 N–H and O–H groups in total. The van der Waals surface area contributed by atoms with Crippen molar-refractivity contribution in [3.8, 4) is 0 Å². The molecule has 0 aliphatic carbocycles. The van der Waals surface area contributed by atoms with Gasteiger partial charge in [0.15, 0.2) is 0 Å². The molecule has 0 spiro atoms. The van der Waals surface area contributed by atoms with E-state index >= 15 is 0 Å². The zero-order valence-corrected chi connectivity index (χ0v) is 11.6. The van der Waals surface area contributed by atoms with Crippen LogP contribution in [0, 0.1) is 0 Å². The summed E-state index contributed by atoms with van der Waals surface area (Å²) >= 11 is 0. The highest BCUT2D eigenvalue weighted by molar-refractivity contribution is 5.77. The lowest BCUT2D eigenvalue weighted by Crippen LogP contribution is -2.38. The molecule has 0 bridgehead atoms. The highest BCUT2D eigenvalue weighted by Gasteiger charge is 2.26. The average molecular weight is 267 g/mol. The van der Waals surface area contributed by atoms with Crippen molar-refractivity contribution in [2.24, 2.45) is 0 Å². The molecule has 2 rings (SSSR count). The monoisotopic (exact) mass is 267 g/mol. The van der Waals surface area contributed by atoms with Crippen molar-refractivity contribution in [2.45, 2.75) is 40.0 Å². The Labute approximate surface area is 113 Å². The van der Waals surface area contributed by atoms with Crippen molar-refractivity contribution in [2.75, 3.05) is 19.8 Å². The van der Waals surface area contributed by atoms with Crippen LogP contribution < -0.4 is 0 Å². The van der Waals surface area contributed by atoms with Crippen LogP contribution in [-0.2, 0) is 35.6 Å². The van der Waals surface area contributed by atoms with Crippen LogP contribution in [0.1, 0.15) is 30.8 Å². The van der Waals surface area contributed by atoms with E-state index < -0.39 is 0 Å². The van der Waals surface area contributed by atoms with Gasteiger partial charge in [-0.1, -0.05) is 0 Å². The van der Waals surface area contributed by atoms with Gasteiger partial charge in [-0.15, -0.1) is 0 Å². The lowest BCUT2D eigenvalue weighted by Gasteiger charge is -2.27. The van der Waals surface area contributed by atoms with Crippen LogP contribution in [0.15, 0.2) is 0 Å². The number of aromatic nitrogens is 2. The van der Waals surface area contributed by atoms with Gasteiger partial charge in [-0.25, -0.2) is 0 Å². The summed E-state index contributed by atoms with van der Waals surface area (Å²) in [6.07, 6.45) is 0.786. The van der Waals surface area contributed by atoms with Gasteiger partial charge in [0.2, 0.25) is 5.91 Å². The molecule has 2 heterocycles. The predicted octanol–water partition coefficient (Wildman–Crippen LogP) is 0.316. The van der Waals surface area contributed by atoms with E-state index in [0.717, 1.165) is 24.2 Å². The van der Waals surface area contributed by atoms with Gasteiger partial charge in [0.25, 0.3) is 0 Å². The fourth-order valence-corrected chi connectivity index (χ4v) is 2.44. The van der Waals surface area contributed by atoms with E-state index in [1.54, 1.807) is 4.90 Å². The van der Waals surface area contributed by atoms with Crippen molar-refractivity contribution in [3.63, 3.8) is 0 Å². The second-order valence-corrected chi connectivity index (χ2v) is 4.55. The molecule has 0 saturated heterocycles. The number of nitrogens with zero attached hydrogens (tertiary/aromatic N) is 3. The van der Waals surface area contributed by atoms with Gasteiger partial charge in [0.05, 0.1) is 12.3 Å². The third-order valence-corrected chi connectivity index (χ3v) is 3.45. The van der Waals surface area contributed by atoms with E-state index in [1.807, 2.05) is 18.5 Å². The van der Waals surface area contributed by atoms with Crippen molar-refractivity contribution in [3.05, 3.63) is 17.0 Å². The summed E-state index contributed by atoms with van der Waals surface area (Å²) in [5.41, 5.74) is 2.83. The maximum absolute atomic E-state index is 12.0. The lowest BCUT2D eigenvalue weighted by atomic mass is 10.1. The van der Waals surface area contributed by atoms with E-state index in [4.69, 9.17) is 4.74 Å². The molecule has 0 atom stereocenters. The summed E-state index contributed by atoms with van der Waals surface area (Å²) in [6.45, 7) is 6.49. The molecule has 0 unspecified atom stereocenters. The zero-order chi connectivity index (χ0) is 13.8. The number of hydrogen-bond acceptors (Lipinski definition) is 4. The Bertz CT molecular complexity index is 456. The first kappa shape index (κ1) is 14.0. The molecule has 106 valence electrons. The van der Waals surface area contributed by atoms with E-state index in [-0.39, 0.29) is 19.1 Å². The van der Waals surface area contributed by atoms with Crippen LogP contribution >= 0.6 is 0 Å². The first-order valence-corrected chi connectivity index (χ1v) is 6.75. The SMILES string of the molecule is CCOCC(=O)N1CCc2c(c(CO)nn2CC)C1. The molecule has 1 amide bonds. The predicted molar refractivity (Wildman–Crippen MR) is 69.4 cm³/mol. The van der Waals surface area contributed by atoms with Gasteiger partial charge in [0, 0.05) is 43.9 Å². The smallest absolute Gasteiger partial charge is 0.248 e. The Morgan fingerprint density at radius 2 is 2.26 bits per heavy atom. The highest BCUT2D eigenvalue weighted by atomic mass is 16.5. The van der Waals surface area contributed by atoms with Crippen LogP contribution in [0.5, 0.6) is 0 Å². The minimum absolute atomic E-state index is 0.000591. The topological polar surface area (TPSA) is 67.6 Å². The van der Waals surface area contributed by atoms with Crippen LogP contribution in [0.3, 0.4) is 0 Å². The summed E-state index contributed by atoms with van der Waals surface area (Å²) in [5, 5.41) is 13.7. The van der Waals surface area contributed by atoms with E-state index in [9.17, 15) is 9.90 Å². The molecule has 0 radical (unpaired) electrons. The van der Waals surface area contributed by atoms with Crippen molar-refractivity contribution in [1.29, 1.82) is 0 Å². The molecule has 1 aromatic heterocycles. The number of fused-ring (bicyclic) bond motifs is 1. The maximum Gasteiger partial charge on any atom is 0.248 e. The standard InChI is InChI=1S/C13H21N3O3/c1-3-16-12-5-6-15(13(18)9-19-4-2)7-10(12)11(8-17)14-16/h17H,3-9H2,1-2H3. The number of carbonyl (C=O) groups excluding carboxylic acids is 1. The minimum Gasteiger partial charge on any atom is -0.390 e. The zero-order valence-electron chi connectivity index (χ0n) is 11.6. The number of ether oxygens (including phenoxy) is 1. The lowest BCUT2D eigenvalue weighted by molar-refractivity contribution is -0.136. The van der Waals surface area contributed by atoms with E-state index in [1.165, 1.54) is 0 Å². The Balaban J connectivity index is 2.14. The van der Waals surface area contributed by atoms with Crippen LogP contribution in [-0.4, -0.2) is 45.5 Å². The molecule has 1 aliphatic rings. The Morgan fingerprint density at radius 3 is 2.89 bits per heavy atom. The second kappa shape index (κ2) is 6.16. The van der Waals surface area contributed by atoms with Gasteiger partial charge in [0.1, 0.15) is 6.61 Å². The van der Waals surface area contributed by atoms with Gasteiger partial charge in [-0.3, -0.25) is 9.48 Å². The van der Waals surface area contributed by atoms with Gasteiger partial charge in [-0.05, 0) is 13.8 Å². The van der Waals surface area contributed by atoms with E-state index in [0.29, 0.717) is 25.4 Å². The third-order valence-electron chi connectivity index (χ3n) is 3.45. The fourth-order valence-electron chi connectivity index (χ4n) is 2.44. The molecule has 0 saturated carbocycles. The number of amides is 1. The summed E-state index contributed by atoms with van der Waals surface area (Å²) in [6, 6.07) is 0. The summed E-state index contributed by atoms with van der Waals surface area (Å²) in [7, 11) is 0. The molecule has 1 aliphatic heterocycles.